The Kier molecular flexibility index (Phi) is 4.90. The van der Waals surface area contributed by atoms with Crippen LogP contribution in [-0.4, -0.2) is 24.3 Å². The Morgan fingerprint density at radius 3 is 2.50 bits per heavy atom. The van der Waals surface area contributed by atoms with Crippen molar-refractivity contribution in [2.75, 3.05) is 20.0 Å². The predicted molar refractivity (Wildman–Crippen MR) is 99.4 cm³/mol. The molecule has 1 unspecified atom stereocenters. The Morgan fingerprint density at radius 1 is 1.31 bits per heavy atom. The zero-order valence-electron chi connectivity index (χ0n) is 15.3. The van der Waals surface area contributed by atoms with E-state index in [2.05, 4.69) is 18.0 Å². The molecule has 1 aliphatic carbocycles. The molecule has 3 N–H and O–H groups in total. The second kappa shape index (κ2) is 7.12. The fourth-order valence-corrected chi connectivity index (χ4v) is 3.67. The van der Waals surface area contributed by atoms with Gasteiger partial charge in [0.2, 0.25) is 5.75 Å². The molecule has 1 atom stereocenters. The number of benzene rings is 1. The third kappa shape index (κ3) is 2.90. The van der Waals surface area contributed by atoms with Crippen LogP contribution in [0.4, 0.5) is 5.82 Å². The van der Waals surface area contributed by atoms with Gasteiger partial charge in [0.05, 0.1) is 14.2 Å². The monoisotopic (exact) mass is 353 g/mol. The van der Waals surface area contributed by atoms with Crippen molar-refractivity contribution in [2.24, 2.45) is 5.92 Å². The summed E-state index contributed by atoms with van der Waals surface area (Å²) >= 11 is 0. The first kappa shape index (κ1) is 17.9. The van der Waals surface area contributed by atoms with Gasteiger partial charge in [-0.1, -0.05) is 13.3 Å². The SMILES string of the molecule is CCC1CCc2nc(N)c(C#N)c(-c3cc(OC)c(O)c(OC)c3)c2C1. The molecule has 0 saturated carbocycles. The molecule has 0 bridgehead atoms. The first-order chi connectivity index (χ1) is 12.5. The van der Waals surface area contributed by atoms with E-state index in [4.69, 9.17) is 15.2 Å². The van der Waals surface area contributed by atoms with Gasteiger partial charge < -0.3 is 20.3 Å². The molecule has 2 aromatic rings. The third-order valence-corrected chi connectivity index (χ3v) is 5.15. The van der Waals surface area contributed by atoms with Crippen molar-refractivity contribution in [3.63, 3.8) is 0 Å². The molecule has 0 saturated heterocycles. The minimum atomic E-state index is -0.0698. The summed E-state index contributed by atoms with van der Waals surface area (Å²) in [6, 6.07) is 5.63. The van der Waals surface area contributed by atoms with E-state index in [1.165, 1.54) is 14.2 Å². The molecular formula is C20H23N3O3. The summed E-state index contributed by atoms with van der Waals surface area (Å²) in [7, 11) is 2.96. The number of hydrogen-bond acceptors (Lipinski definition) is 6. The van der Waals surface area contributed by atoms with Crippen LogP contribution in [-0.2, 0) is 12.8 Å². The summed E-state index contributed by atoms with van der Waals surface area (Å²) in [6.45, 7) is 2.18. The van der Waals surface area contributed by atoms with Crippen molar-refractivity contribution < 1.29 is 14.6 Å². The maximum Gasteiger partial charge on any atom is 0.200 e. The van der Waals surface area contributed by atoms with Gasteiger partial charge in [0.25, 0.3) is 0 Å². The van der Waals surface area contributed by atoms with Crippen LogP contribution in [0, 0.1) is 17.2 Å². The predicted octanol–water partition coefficient (Wildman–Crippen LogP) is 3.44. The third-order valence-electron chi connectivity index (χ3n) is 5.15. The summed E-state index contributed by atoms with van der Waals surface area (Å²) in [6.07, 6.45) is 3.86. The molecule has 1 aromatic heterocycles. The van der Waals surface area contributed by atoms with Crippen molar-refractivity contribution >= 4 is 5.82 Å². The zero-order valence-corrected chi connectivity index (χ0v) is 15.3. The number of rotatable bonds is 4. The molecular weight excluding hydrogens is 330 g/mol. The lowest BCUT2D eigenvalue weighted by molar-refractivity contribution is 0.340. The molecule has 3 rings (SSSR count). The number of methoxy groups -OCH3 is 2. The largest absolute Gasteiger partial charge is 0.502 e. The number of phenolic OH excluding ortho intramolecular Hbond substituents is 1. The van der Waals surface area contributed by atoms with Crippen LogP contribution in [0.25, 0.3) is 11.1 Å². The smallest absolute Gasteiger partial charge is 0.200 e. The molecule has 0 aliphatic heterocycles. The van der Waals surface area contributed by atoms with Crippen LogP contribution >= 0.6 is 0 Å². The van der Waals surface area contributed by atoms with Crippen molar-refractivity contribution in [1.29, 1.82) is 5.26 Å². The first-order valence-electron chi connectivity index (χ1n) is 8.70. The number of anilines is 1. The topological polar surface area (TPSA) is 101 Å². The van der Waals surface area contributed by atoms with E-state index in [0.717, 1.165) is 48.1 Å². The quantitative estimate of drug-likeness (QED) is 0.873. The number of aryl methyl sites for hydroxylation is 1. The summed E-state index contributed by atoms with van der Waals surface area (Å²) < 4.78 is 10.6. The summed E-state index contributed by atoms with van der Waals surface area (Å²) in [5, 5.41) is 19.9. The van der Waals surface area contributed by atoms with E-state index in [0.29, 0.717) is 11.5 Å². The molecule has 6 heteroatoms. The lowest BCUT2D eigenvalue weighted by atomic mass is 9.80. The second-order valence-electron chi connectivity index (χ2n) is 6.53. The molecule has 0 spiro atoms. The van der Waals surface area contributed by atoms with Crippen LogP contribution in [0.5, 0.6) is 17.2 Å². The first-order valence-corrected chi connectivity index (χ1v) is 8.70. The number of nitrogens with two attached hydrogens (primary N) is 1. The maximum absolute atomic E-state index is 10.2. The Morgan fingerprint density at radius 2 is 1.96 bits per heavy atom. The fourth-order valence-electron chi connectivity index (χ4n) is 3.67. The minimum Gasteiger partial charge on any atom is -0.502 e. The number of aromatic nitrogens is 1. The lowest BCUT2D eigenvalue weighted by Gasteiger charge is -2.26. The number of aromatic hydroxyl groups is 1. The van der Waals surface area contributed by atoms with Crippen LogP contribution < -0.4 is 15.2 Å². The number of ether oxygens (including phenoxy) is 2. The van der Waals surface area contributed by atoms with Gasteiger partial charge in [-0.3, -0.25) is 0 Å². The van der Waals surface area contributed by atoms with Gasteiger partial charge in [0, 0.05) is 11.3 Å². The normalized spacial score (nSPS) is 15.8. The van der Waals surface area contributed by atoms with Crippen molar-refractivity contribution in [1.82, 2.24) is 4.98 Å². The summed E-state index contributed by atoms with van der Waals surface area (Å²) in [4.78, 5) is 4.49. The summed E-state index contributed by atoms with van der Waals surface area (Å²) in [5.41, 5.74) is 9.95. The van der Waals surface area contributed by atoms with Gasteiger partial charge in [-0.05, 0) is 48.4 Å². The second-order valence-corrected chi connectivity index (χ2v) is 6.53. The number of nitriles is 1. The van der Waals surface area contributed by atoms with E-state index in [-0.39, 0.29) is 23.1 Å². The molecule has 136 valence electrons. The molecule has 1 heterocycles. The number of nitrogens with zero attached hydrogens (tertiary/aromatic N) is 2. The number of nitrogen functional groups attached to an aromatic ring is 1. The maximum atomic E-state index is 10.2. The Bertz CT molecular complexity index is 862. The van der Waals surface area contributed by atoms with E-state index in [1.807, 2.05) is 0 Å². The van der Waals surface area contributed by atoms with Gasteiger partial charge in [-0.25, -0.2) is 4.98 Å². The Balaban J connectivity index is 2.31. The lowest BCUT2D eigenvalue weighted by Crippen LogP contribution is -2.18. The molecule has 1 aromatic carbocycles. The molecule has 0 fully saturated rings. The standard InChI is InChI=1S/C20H23N3O3/c1-4-11-5-6-15-13(7-11)18(14(10-21)20(22)23-15)12-8-16(25-2)19(24)17(9-12)26-3/h8-9,11,24H,4-7H2,1-3H3,(H2,22,23). The van der Waals surface area contributed by atoms with Gasteiger partial charge in [-0.15, -0.1) is 0 Å². The van der Waals surface area contributed by atoms with Crippen LogP contribution in [0.15, 0.2) is 12.1 Å². The van der Waals surface area contributed by atoms with Gasteiger partial charge >= 0.3 is 0 Å². The zero-order chi connectivity index (χ0) is 18.8. The molecule has 0 amide bonds. The van der Waals surface area contributed by atoms with Crippen LogP contribution in [0.1, 0.15) is 36.6 Å². The highest BCUT2D eigenvalue weighted by Crippen LogP contribution is 2.44. The number of fused-ring (bicyclic) bond motifs is 1. The molecule has 0 radical (unpaired) electrons. The average Bonchev–Trinajstić information content (AvgIpc) is 2.66. The number of hydrogen-bond donors (Lipinski definition) is 2. The van der Waals surface area contributed by atoms with E-state index < -0.39 is 0 Å². The average molecular weight is 353 g/mol. The van der Waals surface area contributed by atoms with Crippen molar-refractivity contribution in [3.05, 3.63) is 29.0 Å². The Hall–Kier alpha value is -2.94. The summed E-state index contributed by atoms with van der Waals surface area (Å²) in [5.74, 6) is 1.30. The molecule has 6 nitrogen and oxygen atoms in total. The molecule has 26 heavy (non-hydrogen) atoms. The van der Waals surface area contributed by atoms with E-state index in [1.54, 1.807) is 12.1 Å². The highest BCUT2D eigenvalue weighted by atomic mass is 16.5. The van der Waals surface area contributed by atoms with Crippen LogP contribution in [0.2, 0.25) is 0 Å². The van der Waals surface area contributed by atoms with E-state index >= 15 is 0 Å². The fraction of sp³-hybridized carbons (Fsp3) is 0.400. The number of pyridine rings is 1. The minimum absolute atomic E-state index is 0.0698. The van der Waals surface area contributed by atoms with Crippen molar-refractivity contribution in [2.45, 2.75) is 32.6 Å². The van der Waals surface area contributed by atoms with Gasteiger partial charge in [0.15, 0.2) is 11.5 Å². The Labute approximate surface area is 153 Å². The van der Waals surface area contributed by atoms with Crippen molar-refractivity contribution in [3.8, 4) is 34.4 Å². The molecule has 1 aliphatic rings. The van der Waals surface area contributed by atoms with E-state index in [9.17, 15) is 10.4 Å². The highest BCUT2D eigenvalue weighted by molar-refractivity contribution is 5.82. The van der Waals surface area contributed by atoms with Gasteiger partial charge in [-0.2, -0.15) is 5.26 Å². The number of phenols is 1. The highest BCUT2D eigenvalue weighted by Gasteiger charge is 2.27. The van der Waals surface area contributed by atoms with Gasteiger partial charge in [0.1, 0.15) is 17.5 Å². The van der Waals surface area contributed by atoms with Crippen LogP contribution in [0.3, 0.4) is 0 Å².